The number of rotatable bonds is 5. The number of benzene rings is 2. The van der Waals surface area contributed by atoms with Crippen molar-refractivity contribution in [3.8, 4) is 5.75 Å². The van der Waals surface area contributed by atoms with Gasteiger partial charge in [-0.1, -0.05) is 30.3 Å². The molecule has 4 heteroatoms. The van der Waals surface area contributed by atoms with Crippen LogP contribution in [0.25, 0.3) is 11.0 Å². The number of thiol groups is 1. The third-order valence-corrected chi connectivity index (χ3v) is 3.72. The van der Waals surface area contributed by atoms with Crippen molar-refractivity contribution in [3.05, 3.63) is 59.9 Å². The van der Waals surface area contributed by atoms with Gasteiger partial charge in [0, 0.05) is 18.4 Å². The minimum atomic E-state index is 0.617. The summed E-state index contributed by atoms with van der Waals surface area (Å²) in [5.74, 6) is 2.46. The van der Waals surface area contributed by atoms with Gasteiger partial charge in [0.1, 0.15) is 11.6 Å². The largest absolute Gasteiger partial charge is 0.494 e. The highest BCUT2D eigenvalue weighted by Crippen LogP contribution is 2.23. The first-order valence-electron chi connectivity index (χ1n) is 7.08. The van der Waals surface area contributed by atoms with Crippen molar-refractivity contribution >= 4 is 23.7 Å². The van der Waals surface area contributed by atoms with E-state index in [1.54, 1.807) is 0 Å². The van der Waals surface area contributed by atoms with E-state index in [4.69, 9.17) is 4.74 Å². The van der Waals surface area contributed by atoms with Gasteiger partial charge in [-0.3, -0.25) is 0 Å². The molecule has 2 aromatic carbocycles. The Morgan fingerprint density at radius 3 is 2.67 bits per heavy atom. The third kappa shape index (κ3) is 2.90. The van der Waals surface area contributed by atoms with Gasteiger partial charge < -0.3 is 9.30 Å². The quantitative estimate of drug-likeness (QED) is 0.723. The first-order valence-corrected chi connectivity index (χ1v) is 7.72. The van der Waals surface area contributed by atoms with E-state index in [1.165, 1.54) is 5.56 Å². The molecule has 21 heavy (non-hydrogen) atoms. The van der Waals surface area contributed by atoms with E-state index >= 15 is 0 Å². The Kier molecular flexibility index (Phi) is 4.15. The molecule has 1 aromatic heterocycles. The molecule has 0 N–H and O–H groups in total. The standard InChI is InChI=1S/C17H18N2OS/c1-2-20-14-8-9-16-15(10-14)18-17(12-21)19(16)11-13-6-4-3-5-7-13/h3-10,21H,2,11-12H2,1H3. The lowest BCUT2D eigenvalue weighted by atomic mass is 10.2. The van der Waals surface area contributed by atoms with Crippen LogP contribution in [0.3, 0.4) is 0 Å². The van der Waals surface area contributed by atoms with Crippen LogP contribution in [-0.4, -0.2) is 16.2 Å². The van der Waals surface area contributed by atoms with Crippen LogP contribution >= 0.6 is 12.6 Å². The summed E-state index contributed by atoms with van der Waals surface area (Å²) in [5, 5.41) is 0. The normalized spacial score (nSPS) is 11.0. The van der Waals surface area contributed by atoms with Crippen molar-refractivity contribution < 1.29 is 4.74 Å². The second-order valence-electron chi connectivity index (χ2n) is 4.84. The number of aromatic nitrogens is 2. The Morgan fingerprint density at radius 2 is 1.95 bits per heavy atom. The van der Waals surface area contributed by atoms with Crippen LogP contribution in [0.1, 0.15) is 18.3 Å². The van der Waals surface area contributed by atoms with Crippen LogP contribution in [-0.2, 0) is 12.3 Å². The Morgan fingerprint density at radius 1 is 1.14 bits per heavy atom. The summed E-state index contributed by atoms with van der Waals surface area (Å²) in [6, 6.07) is 16.5. The molecule has 0 atom stereocenters. The molecule has 0 aliphatic heterocycles. The molecule has 1 heterocycles. The highest BCUT2D eigenvalue weighted by Gasteiger charge is 2.11. The van der Waals surface area contributed by atoms with Crippen LogP contribution in [0.4, 0.5) is 0 Å². The van der Waals surface area contributed by atoms with E-state index in [-0.39, 0.29) is 0 Å². The highest BCUT2D eigenvalue weighted by atomic mass is 32.1. The lowest BCUT2D eigenvalue weighted by Gasteiger charge is -2.08. The van der Waals surface area contributed by atoms with E-state index in [2.05, 4.69) is 52.5 Å². The predicted molar refractivity (Wildman–Crippen MR) is 89.1 cm³/mol. The molecule has 0 saturated heterocycles. The molecule has 3 nitrogen and oxygen atoms in total. The van der Waals surface area contributed by atoms with Crippen LogP contribution in [0.2, 0.25) is 0 Å². The van der Waals surface area contributed by atoms with Crippen LogP contribution in [0.5, 0.6) is 5.75 Å². The molecule has 0 fully saturated rings. The third-order valence-electron chi connectivity index (χ3n) is 3.43. The Hall–Kier alpha value is -1.94. The van der Waals surface area contributed by atoms with Crippen molar-refractivity contribution in [1.29, 1.82) is 0 Å². The molecule has 3 rings (SSSR count). The molecule has 0 aliphatic carbocycles. The maximum Gasteiger partial charge on any atom is 0.121 e. The summed E-state index contributed by atoms with van der Waals surface area (Å²) in [6.45, 7) is 3.45. The van der Waals surface area contributed by atoms with Gasteiger partial charge in [-0.15, -0.1) is 0 Å². The monoisotopic (exact) mass is 298 g/mol. The van der Waals surface area contributed by atoms with Gasteiger partial charge in [-0.2, -0.15) is 12.6 Å². The Labute approximate surface area is 130 Å². The zero-order chi connectivity index (χ0) is 14.7. The average Bonchev–Trinajstić information content (AvgIpc) is 2.86. The molecule has 0 aliphatic rings. The van der Waals surface area contributed by atoms with Gasteiger partial charge in [-0.25, -0.2) is 4.98 Å². The molecular weight excluding hydrogens is 280 g/mol. The van der Waals surface area contributed by atoms with Gasteiger partial charge in [0.15, 0.2) is 0 Å². The minimum Gasteiger partial charge on any atom is -0.494 e. The lowest BCUT2D eigenvalue weighted by molar-refractivity contribution is 0.340. The summed E-state index contributed by atoms with van der Waals surface area (Å²) in [4.78, 5) is 4.68. The predicted octanol–water partition coefficient (Wildman–Crippen LogP) is 3.91. The maximum atomic E-state index is 5.55. The zero-order valence-corrected chi connectivity index (χ0v) is 12.9. The lowest BCUT2D eigenvalue weighted by Crippen LogP contribution is -2.03. The maximum absolute atomic E-state index is 5.55. The number of hydrogen-bond donors (Lipinski definition) is 1. The molecule has 0 radical (unpaired) electrons. The second kappa shape index (κ2) is 6.22. The van der Waals surface area contributed by atoms with E-state index < -0.39 is 0 Å². The van der Waals surface area contributed by atoms with Crippen molar-refractivity contribution in [3.63, 3.8) is 0 Å². The van der Waals surface area contributed by atoms with Crippen molar-refractivity contribution in [2.24, 2.45) is 0 Å². The fourth-order valence-electron chi connectivity index (χ4n) is 2.48. The van der Waals surface area contributed by atoms with Crippen molar-refractivity contribution in [2.45, 2.75) is 19.2 Å². The van der Waals surface area contributed by atoms with E-state index in [0.717, 1.165) is 29.2 Å². The molecule has 0 bridgehead atoms. The van der Waals surface area contributed by atoms with Crippen LogP contribution in [0, 0.1) is 0 Å². The fourth-order valence-corrected chi connectivity index (χ4v) is 2.72. The van der Waals surface area contributed by atoms with Gasteiger partial charge in [-0.05, 0) is 24.6 Å². The molecule has 0 unspecified atom stereocenters. The average molecular weight is 298 g/mol. The number of ether oxygens (including phenoxy) is 1. The molecule has 108 valence electrons. The number of imidazole rings is 1. The van der Waals surface area contributed by atoms with Gasteiger partial charge >= 0.3 is 0 Å². The second-order valence-corrected chi connectivity index (χ2v) is 5.16. The molecule has 0 amide bonds. The Bertz CT molecular complexity index is 737. The van der Waals surface area contributed by atoms with Crippen LogP contribution < -0.4 is 4.74 Å². The van der Waals surface area contributed by atoms with Gasteiger partial charge in [0.05, 0.1) is 17.6 Å². The number of hydrogen-bond acceptors (Lipinski definition) is 3. The van der Waals surface area contributed by atoms with E-state index in [0.29, 0.717) is 12.4 Å². The first-order chi connectivity index (χ1) is 10.3. The first kappa shape index (κ1) is 14.0. The summed E-state index contributed by atoms with van der Waals surface area (Å²) in [7, 11) is 0. The molecule has 0 spiro atoms. The molecular formula is C17H18N2OS. The summed E-state index contributed by atoms with van der Waals surface area (Å²) in [5.41, 5.74) is 3.33. The zero-order valence-electron chi connectivity index (χ0n) is 12.0. The topological polar surface area (TPSA) is 27.1 Å². The molecule has 3 aromatic rings. The SMILES string of the molecule is CCOc1ccc2c(c1)nc(CS)n2Cc1ccccc1. The number of fused-ring (bicyclic) bond motifs is 1. The van der Waals surface area contributed by atoms with Gasteiger partial charge in [0.25, 0.3) is 0 Å². The van der Waals surface area contributed by atoms with Crippen molar-refractivity contribution in [1.82, 2.24) is 9.55 Å². The summed E-state index contributed by atoms with van der Waals surface area (Å²) in [6.07, 6.45) is 0. The minimum absolute atomic E-state index is 0.617. The van der Waals surface area contributed by atoms with E-state index in [1.807, 2.05) is 25.1 Å². The van der Waals surface area contributed by atoms with Gasteiger partial charge in [0.2, 0.25) is 0 Å². The Balaban J connectivity index is 2.04. The molecule has 0 saturated carbocycles. The fraction of sp³-hybridized carbons (Fsp3) is 0.235. The highest BCUT2D eigenvalue weighted by molar-refractivity contribution is 7.79. The van der Waals surface area contributed by atoms with E-state index in [9.17, 15) is 0 Å². The van der Waals surface area contributed by atoms with Crippen LogP contribution in [0.15, 0.2) is 48.5 Å². The number of nitrogens with zero attached hydrogens (tertiary/aromatic N) is 2. The van der Waals surface area contributed by atoms with Crippen molar-refractivity contribution in [2.75, 3.05) is 6.61 Å². The summed E-state index contributed by atoms with van der Waals surface area (Å²) >= 11 is 4.41. The smallest absolute Gasteiger partial charge is 0.121 e. The summed E-state index contributed by atoms with van der Waals surface area (Å²) < 4.78 is 7.76.